The van der Waals surface area contributed by atoms with Crippen LogP contribution in [0.4, 0.5) is 52.7 Å². The van der Waals surface area contributed by atoms with Crippen molar-refractivity contribution >= 4 is 29.1 Å². The molecule has 19 heteroatoms. The summed E-state index contributed by atoms with van der Waals surface area (Å²) >= 11 is 12.0. The first-order valence-corrected chi connectivity index (χ1v) is 23.4. The average molecular weight is 1030 g/mol. The Bertz CT molecular complexity index is 2300. The highest BCUT2D eigenvalue weighted by Crippen LogP contribution is 2.47. The molecule has 2 aliphatic heterocycles. The van der Waals surface area contributed by atoms with Crippen LogP contribution in [-0.4, -0.2) is 60.6 Å². The zero-order valence-electron chi connectivity index (χ0n) is 37.2. The molecule has 2 heterocycles. The molecule has 4 aromatic rings. The minimum Gasteiger partial charge on any atom is -0.373 e. The van der Waals surface area contributed by atoms with E-state index in [1.165, 1.54) is 12.0 Å². The molecule has 4 aliphatic rings. The lowest BCUT2D eigenvalue weighted by atomic mass is 9.63. The Morgan fingerprint density at radius 1 is 0.522 bits per heavy atom. The van der Waals surface area contributed by atoms with E-state index >= 15 is 0 Å². The van der Waals surface area contributed by atoms with Gasteiger partial charge in [0.2, 0.25) is 5.91 Å². The van der Waals surface area contributed by atoms with Gasteiger partial charge in [-0.1, -0.05) is 60.3 Å². The minimum atomic E-state index is -4.90. The van der Waals surface area contributed by atoms with Gasteiger partial charge in [-0.3, -0.25) is 4.79 Å². The second kappa shape index (κ2) is 21.0. The fourth-order valence-electron chi connectivity index (χ4n) is 9.69. The van der Waals surface area contributed by atoms with Crippen LogP contribution < -0.4 is 0 Å². The van der Waals surface area contributed by atoms with E-state index in [1.54, 1.807) is 17.0 Å². The molecular formula is C50H50Cl2F12N2O3. The monoisotopic (exact) mass is 1020 g/mol. The van der Waals surface area contributed by atoms with Crippen LogP contribution >= 0.6 is 23.2 Å². The van der Waals surface area contributed by atoms with E-state index in [0.29, 0.717) is 61.0 Å². The Kier molecular flexibility index (Phi) is 16.0. The van der Waals surface area contributed by atoms with Crippen LogP contribution in [0.3, 0.4) is 0 Å². The molecule has 4 aromatic carbocycles. The van der Waals surface area contributed by atoms with E-state index in [1.807, 2.05) is 24.3 Å². The first-order valence-electron chi connectivity index (χ1n) is 22.7. The number of amides is 1. The summed E-state index contributed by atoms with van der Waals surface area (Å²) in [5, 5.41) is 1.30. The standard InChI is InChI=1S/C25H24ClF6NO2.C25H26ClF6NO/c26-20-4-2-17(3-5-20)23(8-1-9-23)22(34)33-10-6-21(7-11-33)35-15-16-12-18(24(27,28)29)14-19(13-16)25(30,31)32;26-21-4-2-18(3-5-21)23(8-1-9-23)16-33-10-6-22(7-11-33)34-15-17-12-19(24(27,28)29)14-20(13-17)25(30,31)32/h2-5,12-14,21H,1,6-11,15H2;2-5,12-14,22H,1,6-11,15-16H2. The third-order valence-electron chi connectivity index (χ3n) is 13.8. The molecule has 0 unspecified atom stereocenters. The fraction of sp³-hybridized carbons (Fsp3) is 0.500. The Morgan fingerprint density at radius 2 is 0.884 bits per heavy atom. The third kappa shape index (κ3) is 13.1. The zero-order chi connectivity index (χ0) is 50.0. The fourth-order valence-corrected chi connectivity index (χ4v) is 9.95. The van der Waals surface area contributed by atoms with Crippen LogP contribution in [0.5, 0.6) is 0 Å². The highest BCUT2D eigenvalue weighted by molar-refractivity contribution is 6.30. The van der Waals surface area contributed by atoms with Crippen LogP contribution in [0, 0.1) is 0 Å². The largest absolute Gasteiger partial charge is 0.416 e. The summed E-state index contributed by atoms with van der Waals surface area (Å²) in [5.41, 5.74) is -3.91. The van der Waals surface area contributed by atoms with Crippen molar-refractivity contribution in [1.29, 1.82) is 0 Å². The Balaban J connectivity index is 0.000000204. The molecule has 2 aliphatic carbocycles. The number of carbonyl (C=O) groups excluding carboxylic acids is 1. The quantitative estimate of drug-likeness (QED) is 0.140. The van der Waals surface area contributed by atoms with Crippen molar-refractivity contribution in [1.82, 2.24) is 9.80 Å². The summed E-state index contributed by atoms with van der Waals surface area (Å²) in [6, 6.07) is 18.3. The van der Waals surface area contributed by atoms with Crippen molar-refractivity contribution in [3.8, 4) is 0 Å². The minimum absolute atomic E-state index is 0.0391. The number of piperidine rings is 2. The van der Waals surface area contributed by atoms with Gasteiger partial charge in [0, 0.05) is 48.2 Å². The second-order valence-electron chi connectivity index (χ2n) is 18.5. The number of carbonyl (C=O) groups is 1. The van der Waals surface area contributed by atoms with Gasteiger partial charge >= 0.3 is 24.7 Å². The normalized spacial score (nSPS) is 19.3. The lowest BCUT2D eigenvalue weighted by Gasteiger charge is -2.47. The molecule has 0 N–H and O–H groups in total. The van der Waals surface area contributed by atoms with Gasteiger partial charge in [-0.15, -0.1) is 0 Å². The number of alkyl halides is 12. The molecule has 376 valence electrons. The molecule has 2 saturated heterocycles. The van der Waals surface area contributed by atoms with Crippen LogP contribution in [-0.2, 0) is 63.0 Å². The highest BCUT2D eigenvalue weighted by atomic mass is 35.5. The Morgan fingerprint density at radius 3 is 1.22 bits per heavy atom. The predicted octanol–water partition coefficient (Wildman–Crippen LogP) is 14.5. The molecule has 0 spiro atoms. The van der Waals surface area contributed by atoms with Gasteiger partial charge in [0.05, 0.1) is 53.1 Å². The van der Waals surface area contributed by atoms with Gasteiger partial charge in [0.1, 0.15) is 0 Å². The van der Waals surface area contributed by atoms with E-state index in [0.717, 1.165) is 69.4 Å². The summed E-state index contributed by atoms with van der Waals surface area (Å²) in [7, 11) is 0. The third-order valence-corrected chi connectivity index (χ3v) is 14.3. The number of likely N-dealkylation sites (tertiary alicyclic amines) is 2. The van der Waals surface area contributed by atoms with Crippen molar-refractivity contribution in [2.45, 2.75) is 125 Å². The van der Waals surface area contributed by atoms with Gasteiger partial charge in [0.15, 0.2) is 0 Å². The molecule has 2 saturated carbocycles. The summed E-state index contributed by atoms with van der Waals surface area (Å²) < 4.78 is 168. The van der Waals surface area contributed by atoms with Gasteiger partial charge in [-0.2, -0.15) is 52.7 Å². The summed E-state index contributed by atoms with van der Waals surface area (Å²) in [5.74, 6) is 0.0391. The average Bonchev–Trinajstić information content (AvgIpc) is 3.26. The summed E-state index contributed by atoms with van der Waals surface area (Å²) in [6.45, 7) is 2.63. The number of halogens is 14. The molecule has 5 nitrogen and oxygen atoms in total. The Hall–Kier alpha value is -4.03. The highest BCUT2D eigenvalue weighted by Gasteiger charge is 2.48. The molecule has 8 rings (SSSR count). The maximum Gasteiger partial charge on any atom is 0.416 e. The maximum atomic E-state index is 13.4. The predicted molar refractivity (Wildman–Crippen MR) is 235 cm³/mol. The first-order chi connectivity index (χ1) is 32.3. The molecule has 69 heavy (non-hydrogen) atoms. The smallest absolute Gasteiger partial charge is 0.373 e. The number of hydrogen-bond acceptors (Lipinski definition) is 4. The van der Waals surface area contributed by atoms with E-state index < -0.39 is 52.4 Å². The molecule has 4 fully saturated rings. The van der Waals surface area contributed by atoms with Crippen LogP contribution in [0.15, 0.2) is 84.9 Å². The summed E-state index contributed by atoms with van der Waals surface area (Å²) in [6.07, 6.45) is -12.0. The van der Waals surface area contributed by atoms with E-state index in [2.05, 4.69) is 17.0 Å². The molecule has 0 aromatic heterocycles. The van der Waals surface area contributed by atoms with E-state index in [-0.39, 0.29) is 60.0 Å². The lowest BCUT2D eigenvalue weighted by Crippen LogP contribution is -2.53. The van der Waals surface area contributed by atoms with Crippen molar-refractivity contribution in [2.75, 3.05) is 32.7 Å². The first kappa shape index (κ1) is 52.8. The zero-order valence-corrected chi connectivity index (χ0v) is 38.7. The number of hydrogen-bond donors (Lipinski definition) is 0. The molecular weight excluding hydrogens is 975 g/mol. The van der Waals surface area contributed by atoms with Gasteiger partial charge in [-0.25, -0.2) is 0 Å². The van der Waals surface area contributed by atoms with Gasteiger partial charge < -0.3 is 19.3 Å². The van der Waals surface area contributed by atoms with Crippen LogP contribution in [0.1, 0.15) is 109 Å². The summed E-state index contributed by atoms with van der Waals surface area (Å²) in [4.78, 5) is 17.5. The number of ether oxygens (including phenoxy) is 2. The second-order valence-corrected chi connectivity index (χ2v) is 19.4. The van der Waals surface area contributed by atoms with Crippen LogP contribution in [0.25, 0.3) is 0 Å². The van der Waals surface area contributed by atoms with E-state index in [9.17, 15) is 57.5 Å². The van der Waals surface area contributed by atoms with Crippen LogP contribution in [0.2, 0.25) is 10.0 Å². The topological polar surface area (TPSA) is 42.0 Å². The van der Waals surface area contributed by atoms with Crippen molar-refractivity contribution in [3.05, 3.63) is 139 Å². The van der Waals surface area contributed by atoms with Crippen molar-refractivity contribution < 1.29 is 67.0 Å². The van der Waals surface area contributed by atoms with Crippen molar-refractivity contribution in [2.24, 2.45) is 0 Å². The van der Waals surface area contributed by atoms with Crippen molar-refractivity contribution in [3.63, 3.8) is 0 Å². The van der Waals surface area contributed by atoms with E-state index in [4.69, 9.17) is 32.7 Å². The number of nitrogens with zero attached hydrogens (tertiary/aromatic N) is 2. The molecule has 0 radical (unpaired) electrons. The SMILES string of the molecule is FC(F)(F)c1cc(COC2CCN(CC3(c4ccc(Cl)cc4)CCC3)CC2)cc(C(F)(F)F)c1.O=C(N1CCC(OCc2cc(C(F)(F)F)cc(C(F)(F)F)c2)CC1)C1(c2ccc(Cl)cc2)CCC1. The number of benzene rings is 4. The van der Waals surface area contributed by atoms with Gasteiger partial charge in [0.25, 0.3) is 0 Å². The molecule has 0 bridgehead atoms. The Labute approximate surface area is 402 Å². The maximum absolute atomic E-state index is 13.4. The lowest BCUT2D eigenvalue weighted by molar-refractivity contribution is -0.145. The molecule has 0 atom stereocenters. The molecule has 1 amide bonds. The number of rotatable bonds is 11. The van der Waals surface area contributed by atoms with Gasteiger partial charge in [-0.05, 0) is 134 Å².